The normalized spacial score (nSPS) is 11.9. The molecule has 0 unspecified atom stereocenters. The Morgan fingerprint density at radius 3 is 2.09 bits per heavy atom. The van der Waals surface area contributed by atoms with Crippen molar-refractivity contribution < 1.29 is 13.5 Å². The van der Waals surface area contributed by atoms with E-state index in [2.05, 4.69) is 0 Å². The molecular weight excluding hydrogens is 316 g/mol. The first-order valence-corrected chi connectivity index (χ1v) is 8.78. The molecule has 0 aliphatic carbocycles. The summed E-state index contributed by atoms with van der Waals surface area (Å²) in [6, 6.07) is 3.62. The largest absolute Gasteiger partial charge is 0.396 e. The second-order valence-corrected chi connectivity index (χ2v) is 7.55. The molecule has 0 saturated heterocycles. The number of aliphatic hydroxyl groups excluding tert-OH is 1. The molecule has 1 N–H and O–H groups in total. The van der Waals surface area contributed by atoms with Crippen LogP contribution in [0.4, 0.5) is 0 Å². The highest BCUT2D eigenvalue weighted by molar-refractivity contribution is 7.90. The number of hydrogen-bond donors (Lipinski definition) is 1. The van der Waals surface area contributed by atoms with Crippen molar-refractivity contribution >= 4 is 10.0 Å². The summed E-state index contributed by atoms with van der Waals surface area (Å²) in [4.78, 5) is 12.5. The molecule has 0 bridgehead atoms. The fourth-order valence-corrected chi connectivity index (χ4v) is 5.15. The SMILES string of the molecule is Cc1cc(C)c(S(=O)(=O)n2c(C)c(CCO)c(=O)n2C)c(C)c1. The molecule has 2 aromatic rings. The second kappa shape index (κ2) is 5.98. The number of hydrogen-bond acceptors (Lipinski definition) is 4. The van der Waals surface area contributed by atoms with Crippen LogP contribution in [0.2, 0.25) is 0 Å². The summed E-state index contributed by atoms with van der Waals surface area (Å²) in [5.41, 5.74) is 2.53. The fraction of sp³-hybridized carbons (Fsp3) is 0.438. The van der Waals surface area contributed by atoms with Crippen LogP contribution in [0.1, 0.15) is 27.9 Å². The molecular formula is C16H22N2O4S. The van der Waals surface area contributed by atoms with E-state index in [0.717, 1.165) is 14.3 Å². The van der Waals surface area contributed by atoms with Crippen molar-refractivity contribution in [1.29, 1.82) is 0 Å². The standard InChI is InChI=1S/C16H22N2O4S/c1-10-8-11(2)15(12(3)9-10)23(21,22)18-13(4)14(6-7-19)16(20)17(18)5/h8-9,19H,6-7H2,1-5H3. The van der Waals surface area contributed by atoms with E-state index < -0.39 is 15.6 Å². The van der Waals surface area contributed by atoms with Crippen LogP contribution < -0.4 is 5.56 Å². The summed E-state index contributed by atoms with van der Waals surface area (Å²) < 4.78 is 28.4. The summed E-state index contributed by atoms with van der Waals surface area (Å²) >= 11 is 0. The van der Waals surface area contributed by atoms with Gasteiger partial charge in [-0.25, -0.2) is 4.68 Å². The van der Waals surface area contributed by atoms with Gasteiger partial charge in [0.2, 0.25) is 0 Å². The van der Waals surface area contributed by atoms with E-state index in [1.807, 2.05) is 19.1 Å². The van der Waals surface area contributed by atoms with Crippen molar-refractivity contribution in [1.82, 2.24) is 8.77 Å². The van der Waals surface area contributed by atoms with Crippen LogP contribution in [0.25, 0.3) is 0 Å². The molecule has 126 valence electrons. The Bertz CT molecular complexity index is 897. The van der Waals surface area contributed by atoms with Gasteiger partial charge in [-0.15, -0.1) is 0 Å². The molecule has 1 aromatic heterocycles. The first-order chi connectivity index (χ1) is 10.6. The van der Waals surface area contributed by atoms with Crippen LogP contribution in [0.3, 0.4) is 0 Å². The average Bonchev–Trinajstić information content (AvgIpc) is 2.61. The summed E-state index contributed by atoms with van der Waals surface area (Å²) in [6.45, 7) is 6.79. The Hall–Kier alpha value is -1.86. The third kappa shape index (κ3) is 2.74. The van der Waals surface area contributed by atoms with Gasteiger partial charge in [0, 0.05) is 25.6 Å². The zero-order valence-corrected chi connectivity index (χ0v) is 14.9. The molecule has 2 rings (SSSR count). The van der Waals surface area contributed by atoms with Crippen molar-refractivity contribution in [3.63, 3.8) is 0 Å². The maximum atomic E-state index is 13.1. The lowest BCUT2D eigenvalue weighted by Crippen LogP contribution is -2.27. The van der Waals surface area contributed by atoms with Gasteiger partial charge in [-0.1, -0.05) is 17.7 Å². The van der Waals surface area contributed by atoms with Gasteiger partial charge in [0.15, 0.2) is 0 Å². The van der Waals surface area contributed by atoms with Crippen LogP contribution in [0.5, 0.6) is 0 Å². The number of aliphatic hydroxyl groups is 1. The van der Waals surface area contributed by atoms with E-state index in [1.165, 1.54) is 7.05 Å². The van der Waals surface area contributed by atoms with Crippen LogP contribution in [0.15, 0.2) is 21.8 Å². The number of nitrogens with zero attached hydrogens (tertiary/aromatic N) is 2. The molecule has 6 nitrogen and oxygen atoms in total. The van der Waals surface area contributed by atoms with Gasteiger partial charge < -0.3 is 5.11 Å². The van der Waals surface area contributed by atoms with E-state index in [-0.39, 0.29) is 17.9 Å². The van der Waals surface area contributed by atoms with Gasteiger partial charge in [0.1, 0.15) is 0 Å². The minimum atomic E-state index is -3.90. The fourth-order valence-electron chi connectivity index (χ4n) is 3.17. The monoisotopic (exact) mass is 338 g/mol. The van der Waals surface area contributed by atoms with E-state index >= 15 is 0 Å². The Balaban J connectivity index is 2.82. The highest BCUT2D eigenvalue weighted by atomic mass is 32.2. The molecule has 0 amide bonds. The third-order valence-corrected chi connectivity index (χ3v) is 6.13. The van der Waals surface area contributed by atoms with Crippen molar-refractivity contribution in [2.75, 3.05) is 6.61 Å². The van der Waals surface area contributed by atoms with Gasteiger partial charge in [0.25, 0.3) is 15.6 Å². The molecule has 0 radical (unpaired) electrons. The summed E-state index contributed by atoms with van der Waals surface area (Å²) in [5.74, 6) is 0. The van der Waals surface area contributed by atoms with Gasteiger partial charge in [-0.3, -0.25) is 4.79 Å². The van der Waals surface area contributed by atoms with Crippen molar-refractivity contribution in [2.45, 2.75) is 39.0 Å². The Kier molecular flexibility index (Phi) is 4.54. The summed E-state index contributed by atoms with van der Waals surface area (Å²) in [6.07, 6.45) is 0.132. The Labute approximate surface area is 136 Å². The highest BCUT2D eigenvalue weighted by Crippen LogP contribution is 2.25. The van der Waals surface area contributed by atoms with Crippen molar-refractivity contribution in [3.05, 3.63) is 50.4 Å². The predicted molar refractivity (Wildman–Crippen MR) is 88.4 cm³/mol. The maximum Gasteiger partial charge on any atom is 0.282 e. The molecule has 0 fully saturated rings. The van der Waals surface area contributed by atoms with E-state index in [4.69, 9.17) is 5.11 Å². The zero-order valence-electron chi connectivity index (χ0n) is 14.0. The lowest BCUT2D eigenvalue weighted by Gasteiger charge is -2.16. The summed E-state index contributed by atoms with van der Waals surface area (Å²) in [5, 5.41) is 9.10. The van der Waals surface area contributed by atoms with E-state index in [9.17, 15) is 13.2 Å². The predicted octanol–water partition coefficient (Wildman–Crippen LogP) is 1.19. The van der Waals surface area contributed by atoms with Crippen LogP contribution >= 0.6 is 0 Å². The molecule has 0 aliphatic rings. The van der Waals surface area contributed by atoms with Gasteiger partial charge >= 0.3 is 0 Å². The Morgan fingerprint density at radius 1 is 1.09 bits per heavy atom. The van der Waals surface area contributed by atoms with Crippen molar-refractivity contribution in [3.8, 4) is 0 Å². The quantitative estimate of drug-likeness (QED) is 0.908. The molecule has 0 atom stereocenters. The second-order valence-electron chi connectivity index (χ2n) is 5.84. The van der Waals surface area contributed by atoms with Gasteiger partial charge in [-0.05, 0) is 38.8 Å². The molecule has 1 heterocycles. The minimum Gasteiger partial charge on any atom is -0.396 e. The van der Waals surface area contributed by atoms with Crippen LogP contribution in [-0.2, 0) is 23.5 Å². The smallest absolute Gasteiger partial charge is 0.282 e. The average molecular weight is 338 g/mol. The zero-order chi connectivity index (χ0) is 17.5. The molecule has 1 aromatic carbocycles. The lowest BCUT2D eigenvalue weighted by atomic mass is 10.1. The van der Waals surface area contributed by atoms with Crippen LogP contribution in [0, 0.1) is 27.7 Å². The van der Waals surface area contributed by atoms with Gasteiger partial charge in [-0.2, -0.15) is 12.5 Å². The number of aryl methyl sites for hydroxylation is 3. The molecule has 0 aliphatic heterocycles. The first-order valence-electron chi connectivity index (χ1n) is 7.34. The molecule has 23 heavy (non-hydrogen) atoms. The Morgan fingerprint density at radius 2 is 1.61 bits per heavy atom. The number of rotatable bonds is 4. The minimum absolute atomic E-state index is 0.132. The molecule has 0 saturated carbocycles. The van der Waals surface area contributed by atoms with Gasteiger partial charge in [0.05, 0.1) is 10.6 Å². The summed E-state index contributed by atoms with van der Waals surface area (Å²) in [7, 11) is -2.48. The van der Waals surface area contributed by atoms with E-state index in [0.29, 0.717) is 22.4 Å². The van der Waals surface area contributed by atoms with Crippen LogP contribution in [-0.4, -0.2) is 28.9 Å². The number of aromatic nitrogens is 2. The molecule has 0 spiro atoms. The number of benzene rings is 1. The van der Waals surface area contributed by atoms with Crippen molar-refractivity contribution in [2.24, 2.45) is 7.05 Å². The highest BCUT2D eigenvalue weighted by Gasteiger charge is 2.28. The third-order valence-electron chi connectivity index (χ3n) is 4.00. The first kappa shape index (κ1) is 17.5. The van der Waals surface area contributed by atoms with E-state index in [1.54, 1.807) is 20.8 Å². The topological polar surface area (TPSA) is 81.3 Å². The molecule has 7 heteroatoms. The maximum absolute atomic E-state index is 13.1. The lowest BCUT2D eigenvalue weighted by molar-refractivity contribution is 0.299.